The molecular weight excluding hydrogens is 258 g/mol. The van der Waals surface area contributed by atoms with Crippen LogP contribution in [0.15, 0.2) is 24.3 Å². The molecule has 3 nitrogen and oxygen atoms in total. The highest BCUT2D eigenvalue weighted by Gasteiger charge is 2.33. The second kappa shape index (κ2) is 6.80. The number of nitrogens with zero attached hydrogens (tertiary/aromatic N) is 2. The zero-order valence-corrected chi connectivity index (χ0v) is 13.5. The van der Waals surface area contributed by atoms with Crippen LogP contribution in [0.3, 0.4) is 0 Å². The van der Waals surface area contributed by atoms with E-state index in [9.17, 15) is 0 Å². The maximum Gasteiger partial charge on any atom is 0.0345 e. The first kappa shape index (κ1) is 14.9. The Morgan fingerprint density at radius 3 is 2.81 bits per heavy atom. The first-order valence-electron chi connectivity index (χ1n) is 8.58. The molecule has 0 aromatic heterocycles. The fraction of sp³-hybridized carbons (Fsp3) is 0.667. The van der Waals surface area contributed by atoms with Gasteiger partial charge in [0.15, 0.2) is 0 Å². The number of hydrogen-bond donors (Lipinski definition) is 1. The average molecular weight is 287 g/mol. The van der Waals surface area contributed by atoms with Crippen molar-refractivity contribution < 1.29 is 0 Å². The normalized spacial score (nSPS) is 28.0. The first-order chi connectivity index (χ1) is 10.3. The highest BCUT2D eigenvalue weighted by Crippen LogP contribution is 2.29. The number of anilines is 1. The summed E-state index contributed by atoms with van der Waals surface area (Å²) >= 11 is 0. The Balaban J connectivity index is 1.63. The molecule has 3 atom stereocenters. The molecule has 0 amide bonds. The van der Waals surface area contributed by atoms with Gasteiger partial charge in [0.25, 0.3) is 0 Å². The maximum atomic E-state index is 3.81. The predicted molar refractivity (Wildman–Crippen MR) is 89.6 cm³/mol. The van der Waals surface area contributed by atoms with E-state index in [0.717, 1.165) is 25.6 Å². The lowest BCUT2D eigenvalue weighted by atomic mass is 9.94. The molecule has 3 unspecified atom stereocenters. The van der Waals surface area contributed by atoms with Gasteiger partial charge in [0.05, 0.1) is 0 Å². The van der Waals surface area contributed by atoms with E-state index in [1.165, 1.54) is 43.7 Å². The van der Waals surface area contributed by atoms with Crippen molar-refractivity contribution in [2.75, 3.05) is 38.0 Å². The third-order valence-corrected chi connectivity index (χ3v) is 5.21. The summed E-state index contributed by atoms with van der Waals surface area (Å²) in [7, 11) is 0. The van der Waals surface area contributed by atoms with E-state index < -0.39 is 0 Å². The van der Waals surface area contributed by atoms with Gasteiger partial charge in [-0.25, -0.2) is 0 Å². The molecule has 1 aromatic rings. The van der Waals surface area contributed by atoms with E-state index in [-0.39, 0.29) is 0 Å². The Kier molecular flexibility index (Phi) is 4.81. The van der Waals surface area contributed by atoms with E-state index in [0.29, 0.717) is 6.04 Å². The van der Waals surface area contributed by atoms with Gasteiger partial charge in [-0.1, -0.05) is 26.0 Å². The molecule has 3 heteroatoms. The maximum absolute atomic E-state index is 3.81. The topological polar surface area (TPSA) is 18.5 Å². The van der Waals surface area contributed by atoms with Gasteiger partial charge >= 0.3 is 0 Å². The molecule has 2 aliphatic rings. The minimum absolute atomic E-state index is 0.674. The summed E-state index contributed by atoms with van der Waals surface area (Å²) in [5.41, 5.74) is 2.73. The fourth-order valence-corrected chi connectivity index (χ4v) is 3.82. The largest absolute Gasteiger partial charge is 0.382 e. The van der Waals surface area contributed by atoms with E-state index in [1.807, 2.05) is 0 Å². The van der Waals surface area contributed by atoms with Gasteiger partial charge in [0, 0.05) is 31.4 Å². The minimum Gasteiger partial charge on any atom is -0.382 e. The SMILES string of the molecule is CCN(CC)Cc1cccc(NC2CCN3CCC2C3)c1. The van der Waals surface area contributed by atoms with Crippen molar-refractivity contribution in [3.63, 3.8) is 0 Å². The van der Waals surface area contributed by atoms with Crippen molar-refractivity contribution in [3.05, 3.63) is 29.8 Å². The van der Waals surface area contributed by atoms with Gasteiger partial charge in [-0.3, -0.25) is 4.90 Å². The molecule has 1 aromatic carbocycles. The lowest BCUT2D eigenvalue weighted by molar-refractivity contribution is 0.255. The van der Waals surface area contributed by atoms with Crippen molar-refractivity contribution in [2.24, 2.45) is 5.92 Å². The highest BCUT2D eigenvalue weighted by molar-refractivity contribution is 5.47. The number of piperidine rings is 1. The standard InChI is InChI=1S/C18H29N3/c1-3-20(4-2)13-15-6-5-7-17(12-15)19-18-9-11-21-10-8-16(18)14-21/h5-7,12,16,18-19H,3-4,8-11,13-14H2,1-2H3. The molecule has 0 radical (unpaired) electrons. The minimum atomic E-state index is 0.674. The Morgan fingerprint density at radius 2 is 2.00 bits per heavy atom. The van der Waals surface area contributed by atoms with Gasteiger partial charge in [-0.2, -0.15) is 0 Å². The van der Waals surface area contributed by atoms with Gasteiger partial charge < -0.3 is 10.2 Å². The number of fused-ring (bicyclic) bond motifs is 2. The summed E-state index contributed by atoms with van der Waals surface area (Å²) in [6.07, 6.45) is 2.67. The molecule has 0 aliphatic carbocycles. The van der Waals surface area contributed by atoms with Crippen molar-refractivity contribution in [1.29, 1.82) is 0 Å². The van der Waals surface area contributed by atoms with Gasteiger partial charge in [-0.15, -0.1) is 0 Å². The summed E-state index contributed by atoms with van der Waals surface area (Å²) in [6, 6.07) is 9.70. The van der Waals surface area contributed by atoms with Crippen LogP contribution in [0.25, 0.3) is 0 Å². The van der Waals surface area contributed by atoms with Crippen LogP contribution in [0.2, 0.25) is 0 Å². The molecule has 21 heavy (non-hydrogen) atoms. The third-order valence-electron chi connectivity index (χ3n) is 5.21. The molecule has 2 saturated heterocycles. The summed E-state index contributed by atoms with van der Waals surface area (Å²) in [6.45, 7) is 11.7. The third kappa shape index (κ3) is 3.58. The van der Waals surface area contributed by atoms with Gasteiger partial charge in [-0.05, 0) is 56.1 Å². The van der Waals surface area contributed by atoms with Crippen LogP contribution in [0.4, 0.5) is 5.69 Å². The summed E-state index contributed by atoms with van der Waals surface area (Å²) in [4.78, 5) is 5.08. The second-order valence-corrected chi connectivity index (χ2v) is 6.55. The summed E-state index contributed by atoms with van der Waals surface area (Å²) < 4.78 is 0. The summed E-state index contributed by atoms with van der Waals surface area (Å²) in [5, 5.41) is 3.81. The molecule has 3 rings (SSSR count). The molecule has 0 saturated carbocycles. The lowest BCUT2D eigenvalue weighted by Gasteiger charge is -2.31. The fourth-order valence-electron chi connectivity index (χ4n) is 3.82. The smallest absolute Gasteiger partial charge is 0.0345 e. The van der Waals surface area contributed by atoms with E-state index in [4.69, 9.17) is 0 Å². The molecule has 2 aliphatic heterocycles. The Bertz CT molecular complexity index is 456. The average Bonchev–Trinajstić information content (AvgIpc) is 2.91. The van der Waals surface area contributed by atoms with Crippen LogP contribution < -0.4 is 5.32 Å². The van der Waals surface area contributed by atoms with E-state index in [2.05, 4.69) is 53.2 Å². The molecule has 0 spiro atoms. The van der Waals surface area contributed by atoms with Gasteiger partial charge in [0.1, 0.15) is 0 Å². The Labute approximate surface area is 129 Å². The predicted octanol–water partition coefficient (Wildman–Crippen LogP) is 3.03. The van der Waals surface area contributed by atoms with Crippen LogP contribution in [-0.4, -0.2) is 48.6 Å². The van der Waals surface area contributed by atoms with E-state index in [1.54, 1.807) is 0 Å². The molecule has 116 valence electrons. The number of rotatable bonds is 6. The monoisotopic (exact) mass is 287 g/mol. The van der Waals surface area contributed by atoms with Crippen LogP contribution >= 0.6 is 0 Å². The molecule has 1 N–H and O–H groups in total. The zero-order chi connectivity index (χ0) is 14.7. The second-order valence-electron chi connectivity index (χ2n) is 6.55. The Hall–Kier alpha value is -1.06. The van der Waals surface area contributed by atoms with Crippen molar-refractivity contribution in [1.82, 2.24) is 9.80 Å². The highest BCUT2D eigenvalue weighted by atomic mass is 15.2. The number of nitrogens with one attached hydrogen (secondary N) is 1. The first-order valence-corrected chi connectivity index (χ1v) is 8.58. The summed E-state index contributed by atoms with van der Waals surface area (Å²) in [5.74, 6) is 0.852. The van der Waals surface area contributed by atoms with E-state index >= 15 is 0 Å². The van der Waals surface area contributed by atoms with Crippen molar-refractivity contribution in [2.45, 2.75) is 39.3 Å². The van der Waals surface area contributed by atoms with Crippen LogP contribution in [-0.2, 0) is 6.54 Å². The lowest BCUT2D eigenvalue weighted by Crippen LogP contribution is -2.39. The number of hydrogen-bond acceptors (Lipinski definition) is 3. The van der Waals surface area contributed by atoms with Crippen molar-refractivity contribution in [3.8, 4) is 0 Å². The van der Waals surface area contributed by atoms with Crippen LogP contribution in [0, 0.1) is 5.92 Å². The van der Waals surface area contributed by atoms with Crippen LogP contribution in [0.5, 0.6) is 0 Å². The molecule has 2 fully saturated rings. The molecular formula is C18H29N3. The number of benzene rings is 1. The zero-order valence-electron chi connectivity index (χ0n) is 13.5. The van der Waals surface area contributed by atoms with Crippen LogP contribution in [0.1, 0.15) is 32.3 Å². The Morgan fingerprint density at radius 1 is 1.19 bits per heavy atom. The molecule has 2 bridgehead atoms. The quantitative estimate of drug-likeness (QED) is 0.867. The van der Waals surface area contributed by atoms with Gasteiger partial charge in [0.2, 0.25) is 0 Å². The molecule has 2 heterocycles. The van der Waals surface area contributed by atoms with Crippen molar-refractivity contribution >= 4 is 5.69 Å².